The lowest BCUT2D eigenvalue weighted by atomic mass is 9.95. The quantitative estimate of drug-likeness (QED) is 0.750. The molecular weight excluding hydrogens is 336 g/mol. The zero-order valence-corrected chi connectivity index (χ0v) is 14.8. The Balaban J connectivity index is 0.00000225. The summed E-state index contributed by atoms with van der Waals surface area (Å²) in [4.78, 5) is 16.9. The van der Waals surface area contributed by atoms with Gasteiger partial charge in [-0.25, -0.2) is 0 Å². The SMILES string of the molecule is C[C@@H]1CCC[C@H](N)c2cc(ccn2)-c2ccc(C#N)cc2NC1=O.Cl. The van der Waals surface area contributed by atoms with E-state index in [1.165, 1.54) is 0 Å². The van der Waals surface area contributed by atoms with Crippen LogP contribution in [0.25, 0.3) is 11.1 Å². The smallest absolute Gasteiger partial charge is 0.227 e. The normalized spacial score (nSPS) is 20.0. The van der Waals surface area contributed by atoms with Crippen LogP contribution in [0.4, 0.5) is 5.69 Å². The van der Waals surface area contributed by atoms with E-state index in [-0.39, 0.29) is 30.3 Å². The van der Waals surface area contributed by atoms with Crippen LogP contribution in [0.5, 0.6) is 0 Å². The molecule has 0 unspecified atom stereocenters. The third kappa shape index (κ3) is 4.16. The molecule has 1 aromatic carbocycles. The van der Waals surface area contributed by atoms with Crippen molar-refractivity contribution >= 4 is 24.0 Å². The second-order valence-electron chi connectivity index (χ2n) is 6.27. The van der Waals surface area contributed by atoms with Gasteiger partial charge in [0.1, 0.15) is 0 Å². The molecule has 2 aromatic rings. The van der Waals surface area contributed by atoms with Crippen LogP contribution in [0.1, 0.15) is 43.5 Å². The fourth-order valence-corrected chi connectivity index (χ4v) is 2.97. The molecule has 0 radical (unpaired) electrons. The van der Waals surface area contributed by atoms with Crippen molar-refractivity contribution in [3.63, 3.8) is 0 Å². The highest BCUT2D eigenvalue weighted by Crippen LogP contribution is 2.32. The first-order valence-electron chi connectivity index (χ1n) is 8.15. The summed E-state index contributed by atoms with van der Waals surface area (Å²) in [6.07, 6.45) is 4.18. The van der Waals surface area contributed by atoms with E-state index < -0.39 is 0 Å². The summed E-state index contributed by atoms with van der Waals surface area (Å²) >= 11 is 0. The molecule has 0 aliphatic carbocycles. The molecule has 3 N–H and O–H groups in total. The predicted octanol–water partition coefficient (Wildman–Crippen LogP) is 3.80. The molecule has 1 aromatic heterocycles. The number of nitrogens with one attached hydrogen (secondary N) is 1. The van der Waals surface area contributed by atoms with Gasteiger partial charge in [0.05, 0.1) is 17.3 Å². The maximum atomic E-state index is 12.5. The number of rotatable bonds is 0. The van der Waals surface area contributed by atoms with Crippen molar-refractivity contribution in [2.24, 2.45) is 11.7 Å². The minimum Gasteiger partial charge on any atom is -0.325 e. The fraction of sp³-hybridized carbons (Fsp3) is 0.316. The first kappa shape index (κ1) is 18.9. The molecule has 130 valence electrons. The van der Waals surface area contributed by atoms with E-state index in [1.807, 2.05) is 25.1 Å². The summed E-state index contributed by atoms with van der Waals surface area (Å²) in [7, 11) is 0. The average Bonchev–Trinajstić information content (AvgIpc) is 2.60. The molecule has 25 heavy (non-hydrogen) atoms. The highest BCUT2D eigenvalue weighted by molar-refractivity contribution is 5.97. The van der Waals surface area contributed by atoms with E-state index in [0.29, 0.717) is 11.3 Å². The van der Waals surface area contributed by atoms with Gasteiger partial charge in [0.25, 0.3) is 0 Å². The van der Waals surface area contributed by atoms with Crippen molar-refractivity contribution in [3.05, 3.63) is 47.8 Å². The van der Waals surface area contributed by atoms with Gasteiger partial charge in [-0.3, -0.25) is 9.78 Å². The molecule has 0 fully saturated rings. The first-order chi connectivity index (χ1) is 11.6. The van der Waals surface area contributed by atoms with Gasteiger partial charge in [-0.2, -0.15) is 5.26 Å². The molecule has 1 aliphatic rings. The zero-order chi connectivity index (χ0) is 17.1. The number of nitrogens with zero attached hydrogens (tertiary/aromatic N) is 2. The van der Waals surface area contributed by atoms with E-state index in [2.05, 4.69) is 16.4 Å². The van der Waals surface area contributed by atoms with Gasteiger partial charge in [-0.05, 0) is 42.7 Å². The summed E-state index contributed by atoms with van der Waals surface area (Å²) in [5.74, 6) is -0.142. The van der Waals surface area contributed by atoms with Gasteiger partial charge in [-0.15, -0.1) is 12.4 Å². The Morgan fingerprint density at radius 3 is 2.84 bits per heavy atom. The van der Waals surface area contributed by atoms with E-state index in [4.69, 9.17) is 11.0 Å². The van der Waals surface area contributed by atoms with Crippen LogP contribution in [0.3, 0.4) is 0 Å². The number of nitriles is 1. The van der Waals surface area contributed by atoms with Crippen LogP contribution in [0.2, 0.25) is 0 Å². The van der Waals surface area contributed by atoms with Crippen molar-refractivity contribution in [3.8, 4) is 17.2 Å². The summed E-state index contributed by atoms with van der Waals surface area (Å²) in [5, 5.41) is 12.1. The first-order valence-corrected chi connectivity index (χ1v) is 8.15. The molecule has 2 atom stereocenters. The van der Waals surface area contributed by atoms with Crippen molar-refractivity contribution in [2.45, 2.75) is 32.2 Å². The number of carbonyl (C=O) groups is 1. The van der Waals surface area contributed by atoms with E-state index in [0.717, 1.165) is 36.1 Å². The Kier molecular flexibility index (Phi) is 6.13. The lowest BCUT2D eigenvalue weighted by Crippen LogP contribution is -2.22. The van der Waals surface area contributed by atoms with Crippen molar-refractivity contribution < 1.29 is 4.79 Å². The van der Waals surface area contributed by atoms with Gasteiger partial charge in [-0.1, -0.05) is 19.4 Å². The van der Waals surface area contributed by atoms with E-state index in [9.17, 15) is 4.79 Å². The number of hydrogen-bond acceptors (Lipinski definition) is 4. The minimum absolute atomic E-state index is 0. The van der Waals surface area contributed by atoms with Crippen LogP contribution in [-0.4, -0.2) is 10.9 Å². The van der Waals surface area contributed by atoms with Crippen molar-refractivity contribution in [1.82, 2.24) is 4.98 Å². The minimum atomic E-state index is -0.138. The number of hydrogen-bond donors (Lipinski definition) is 2. The molecule has 2 bridgehead atoms. The number of amides is 1. The lowest BCUT2D eigenvalue weighted by Gasteiger charge is -2.19. The second kappa shape index (κ2) is 8.11. The number of carbonyl (C=O) groups excluding carboxylic acids is 1. The second-order valence-corrected chi connectivity index (χ2v) is 6.27. The molecule has 0 spiro atoms. The molecule has 0 saturated carbocycles. The van der Waals surface area contributed by atoms with Gasteiger partial charge in [0.2, 0.25) is 5.91 Å². The summed E-state index contributed by atoms with van der Waals surface area (Å²) < 4.78 is 0. The van der Waals surface area contributed by atoms with Gasteiger partial charge in [0, 0.05) is 29.4 Å². The Morgan fingerprint density at radius 1 is 1.28 bits per heavy atom. The fourth-order valence-electron chi connectivity index (χ4n) is 2.97. The number of anilines is 1. The van der Waals surface area contributed by atoms with Crippen LogP contribution >= 0.6 is 12.4 Å². The van der Waals surface area contributed by atoms with E-state index in [1.54, 1.807) is 18.3 Å². The zero-order valence-electron chi connectivity index (χ0n) is 14.0. The Morgan fingerprint density at radius 2 is 2.08 bits per heavy atom. The maximum Gasteiger partial charge on any atom is 0.227 e. The Hall–Kier alpha value is -2.42. The predicted molar refractivity (Wildman–Crippen MR) is 100 cm³/mol. The molecule has 1 aliphatic heterocycles. The maximum absolute atomic E-state index is 12.5. The molecule has 0 saturated heterocycles. The van der Waals surface area contributed by atoms with Crippen molar-refractivity contribution in [1.29, 1.82) is 5.26 Å². The third-order valence-corrected chi connectivity index (χ3v) is 4.48. The highest BCUT2D eigenvalue weighted by atomic mass is 35.5. The summed E-state index contributed by atoms with van der Waals surface area (Å²) in [6, 6.07) is 11.2. The standard InChI is InChI=1S/C19H20N4O.ClH/c1-12-3-2-4-16(21)18-10-14(7-8-22-18)15-6-5-13(11-20)9-17(15)23-19(12)24;/h5-10,12,16H,2-4,21H2,1H3,(H,23,24);1H/t12-,16+;/m1./s1. The monoisotopic (exact) mass is 356 g/mol. The number of pyridine rings is 1. The van der Waals surface area contributed by atoms with Crippen LogP contribution in [0, 0.1) is 17.2 Å². The summed E-state index contributed by atoms with van der Waals surface area (Å²) in [6.45, 7) is 1.91. The Labute approximate surface area is 153 Å². The lowest BCUT2D eigenvalue weighted by molar-refractivity contribution is -0.119. The number of fused-ring (bicyclic) bond motifs is 4. The molecule has 2 heterocycles. The molecule has 5 nitrogen and oxygen atoms in total. The summed E-state index contributed by atoms with van der Waals surface area (Å²) in [5.41, 5.74) is 10.1. The number of nitrogens with two attached hydrogens (primary N) is 1. The molecular formula is C19H21ClN4O. The molecule has 3 rings (SSSR count). The van der Waals surface area contributed by atoms with Gasteiger partial charge >= 0.3 is 0 Å². The van der Waals surface area contributed by atoms with E-state index >= 15 is 0 Å². The average molecular weight is 357 g/mol. The number of benzene rings is 1. The van der Waals surface area contributed by atoms with Crippen LogP contribution in [-0.2, 0) is 4.79 Å². The van der Waals surface area contributed by atoms with Crippen LogP contribution in [0.15, 0.2) is 36.5 Å². The third-order valence-electron chi connectivity index (χ3n) is 4.48. The van der Waals surface area contributed by atoms with Crippen molar-refractivity contribution in [2.75, 3.05) is 5.32 Å². The number of aromatic nitrogens is 1. The Bertz CT molecular complexity index is 815. The largest absolute Gasteiger partial charge is 0.325 e. The molecule has 6 heteroatoms. The topological polar surface area (TPSA) is 91.8 Å². The highest BCUT2D eigenvalue weighted by Gasteiger charge is 2.19. The number of halogens is 1. The van der Waals surface area contributed by atoms with Gasteiger partial charge in [0.15, 0.2) is 0 Å². The molecule has 1 amide bonds. The van der Waals surface area contributed by atoms with Gasteiger partial charge < -0.3 is 11.1 Å². The van der Waals surface area contributed by atoms with Crippen LogP contribution < -0.4 is 11.1 Å².